The molecular formula is C22H27N3O2. The third-order valence-corrected chi connectivity index (χ3v) is 5.33. The Hall–Kier alpha value is -2.37. The standard InChI is InChI=1S/C22H27N3O2/c1-16-3-2-12-25-14-19(24-22(16)25)15-27-21-10-4-17(5-11-21)13-23-18-6-8-20(26)9-7-18/h2-5,10-12,14,18,20,23,26H,6-9,13,15H2,1H3. The van der Waals surface area contributed by atoms with Crippen molar-refractivity contribution in [1.29, 1.82) is 0 Å². The second kappa shape index (κ2) is 8.11. The lowest BCUT2D eigenvalue weighted by Gasteiger charge is -2.26. The van der Waals surface area contributed by atoms with Crippen molar-refractivity contribution in [2.24, 2.45) is 0 Å². The minimum atomic E-state index is -0.101. The highest BCUT2D eigenvalue weighted by molar-refractivity contribution is 5.47. The van der Waals surface area contributed by atoms with E-state index < -0.39 is 0 Å². The molecule has 0 bridgehead atoms. The van der Waals surface area contributed by atoms with E-state index in [2.05, 4.69) is 35.4 Å². The number of nitrogens with zero attached hydrogens (tertiary/aromatic N) is 2. The number of aliphatic hydroxyl groups is 1. The summed E-state index contributed by atoms with van der Waals surface area (Å²) in [7, 11) is 0. The molecule has 5 heteroatoms. The summed E-state index contributed by atoms with van der Waals surface area (Å²) in [5.74, 6) is 0.855. The van der Waals surface area contributed by atoms with Crippen molar-refractivity contribution in [2.45, 2.75) is 57.9 Å². The van der Waals surface area contributed by atoms with Crippen molar-refractivity contribution >= 4 is 5.65 Å². The third-order valence-electron chi connectivity index (χ3n) is 5.33. The van der Waals surface area contributed by atoms with Crippen LogP contribution in [0, 0.1) is 6.92 Å². The van der Waals surface area contributed by atoms with E-state index in [1.165, 1.54) is 5.56 Å². The lowest BCUT2D eigenvalue weighted by Crippen LogP contribution is -2.34. The first-order valence-corrected chi connectivity index (χ1v) is 9.74. The normalized spacial score (nSPS) is 20.1. The molecule has 0 saturated heterocycles. The number of ether oxygens (including phenoxy) is 1. The van der Waals surface area contributed by atoms with E-state index in [1.807, 2.05) is 35.0 Å². The maximum Gasteiger partial charge on any atom is 0.140 e. The molecule has 0 unspecified atom stereocenters. The zero-order valence-electron chi connectivity index (χ0n) is 15.8. The Morgan fingerprint density at radius 2 is 1.93 bits per heavy atom. The number of fused-ring (bicyclic) bond motifs is 1. The van der Waals surface area contributed by atoms with Crippen LogP contribution >= 0.6 is 0 Å². The molecule has 142 valence electrons. The topological polar surface area (TPSA) is 58.8 Å². The van der Waals surface area contributed by atoms with E-state index in [4.69, 9.17) is 4.74 Å². The van der Waals surface area contributed by atoms with E-state index in [9.17, 15) is 5.11 Å². The van der Waals surface area contributed by atoms with Gasteiger partial charge in [-0.25, -0.2) is 4.98 Å². The number of rotatable bonds is 6. The fraction of sp³-hybridized carbons (Fsp3) is 0.409. The number of hydrogen-bond donors (Lipinski definition) is 2. The van der Waals surface area contributed by atoms with Gasteiger partial charge < -0.3 is 19.6 Å². The summed E-state index contributed by atoms with van der Waals surface area (Å²) in [6.45, 7) is 3.38. The van der Waals surface area contributed by atoms with E-state index in [0.29, 0.717) is 12.6 Å². The van der Waals surface area contributed by atoms with Crippen molar-refractivity contribution in [3.63, 3.8) is 0 Å². The average Bonchev–Trinajstić information content (AvgIpc) is 3.11. The molecule has 2 N–H and O–H groups in total. The SMILES string of the molecule is Cc1cccn2cc(COc3ccc(CNC4CCC(O)CC4)cc3)nc12. The number of nitrogens with one attached hydrogen (secondary N) is 1. The van der Waals surface area contributed by atoms with Crippen LogP contribution in [0.15, 0.2) is 48.8 Å². The molecule has 0 atom stereocenters. The first-order chi connectivity index (χ1) is 13.2. The molecule has 0 aliphatic heterocycles. The van der Waals surface area contributed by atoms with Gasteiger partial charge in [0.15, 0.2) is 0 Å². The number of aromatic nitrogens is 2. The number of pyridine rings is 1. The summed E-state index contributed by atoms with van der Waals surface area (Å²) in [5, 5.41) is 13.2. The molecule has 0 amide bonds. The minimum Gasteiger partial charge on any atom is -0.487 e. The lowest BCUT2D eigenvalue weighted by molar-refractivity contribution is 0.116. The van der Waals surface area contributed by atoms with Crippen LogP contribution in [0.1, 0.15) is 42.5 Å². The largest absolute Gasteiger partial charge is 0.487 e. The van der Waals surface area contributed by atoms with Crippen LogP contribution < -0.4 is 10.1 Å². The van der Waals surface area contributed by atoms with Gasteiger partial charge in [-0.3, -0.25) is 0 Å². The number of hydrogen-bond acceptors (Lipinski definition) is 4. The van der Waals surface area contributed by atoms with Crippen LogP contribution in [0.4, 0.5) is 0 Å². The van der Waals surface area contributed by atoms with E-state index >= 15 is 0 Å². The van der Waals surface area contributed by atoms with Crippen LogP contribution in [0.25, 0.3) is 5.65 Å². The van der Waals surface area contributed by atoms with Gasteiger partial charge in [-0.1, -0.05) is 18.2 Å². The summed E-state index contributed by atoms with van der Waals surface area (Å²) >= 11 is 0. The molecule has 0 radical (unpaired) electrons. The Morgan fingerprint density at radius 3 is 2.67 bits per heavy atom. The summed E-state index contributed by atoms with van der Waals surface area (Å²) < 4.78 is 7.93. The maximum atomic E-state index is 9.58. The van der Waals surface area contributed by atoms with E-state index in [1.54, 1.807) is 0 Å². The van der Waals surface area contributed by atoms with Gasteiger partial charge in [-0.2, -0.15) is 0 Å². The van der Waals surface area contributed by atoms with Gasteiger partial charge in [0, 0.05) is 25.0 Å². The third kappa shape index (κ3) is 4.49. The van der Waals surface area contributed by atoms with Crippen molar-refractivity contribution < 1.29 is 9.84 Å². The summed E-state index contributed by atoms with van der Waals surface area (Å²) in [6.07, 6.45) is 7.85. The summed E-state index contributed by atoms with van der Waals surface area (Å²) in [6, 6.07) is 12.8. The van der Waals surface area contributed by atoms with Crippen molar-refractivity contribution in [2.75, 3.05) is 0 Å². The van der Waals surface area contributed by atoms with Crippen molar-refractivity contribution in [1.82, 2.24) is 14.7 Å². The number of imidazole rings is 1. The summed E-state index contributed by atoms with van der Waals surface area (Å²) in [5.41, 5.74) is 4.31. The van der Waals surface area contributed by atoms with Crippen LogP contribution in [0.5, 0.6) is 5.75 Å². The average molecular weight is 365 g/mol. The second-order valence-electron chi connectivity index (χ2n) is 7.47. The lowest BCUT2D eigenvalue weighted by atomic mass is 9.93. The molecule has 1 fully saturated rings. The van der Waals surface area contributed by atoms with Gasteiger partial charge >= 0.3 is 0 Å². The number of aliphatic hydroxyl groups excluding tert-OH is 1. The van der Waals surface area contributed by atoms with Gasteiger partial charge in [-0.15, -0.1) is 0 Å². The number of benzene rings is 1. The fourth-order valence-corrected chi connectivity index (χ4v) is 3.68. The quantitative estimate of drug-likeness (QED) is 0.701. The van der Waals surface area contributed by atoms with Crippen LogP contribution in [-0.4, -0.2) is 26.6 Å². The van der Waals surface area contributed by atoms with Crippen LogP contribution in [0.3, 0.4) is 0 Å². The molecule has 1 aliphatic rings. The molecule has 1 saturated carbocycles. The van der Waals surface area contributed by atoms with Crippen LogP contribution in [0.2, 0.25) is 0 Å². The molecule has 2 heterocycles. The highest BCUT2D eigenvalue weighted by Crippen LogP contribution is 2.19. The Morgan fingerprint density at radius 1 is 1.15 bits per heavy atom. The molecule has 0 spiro atoms. The Kier molecular flexibility index (Phi) is 5.41. The monoisotopic (exact) mass is 365 g/mol. The minimum absolute atomic E-state index is 0.101. The first-order valence-electron chi connectivity index (χ1n) is 9.74. The Balaban J connectivity index is 1.29. The molecule has 1 aliphatic carbocycles. The van der Waals surface area contributed by atoms with E-state index in [0.717, 1.165) is 54.9 Å². The molecule has 3 aromatic rings. The molecule has 1 aromatic carbocycles. The first kappa shape index (κ1) is 18.0. The van der Waals surface area contributed by atoms with E-state index in [-0.39, 0.29) is 6.10 Å². The van der Waals surface area contributed by atoms with Crippen molar-refractivity contribution in [3.8, 4) is 5.75 Å². The van der Waals surface area contributed by atoms with Gasteiger partial charge in [0.25, 0.3) is 0 Å². The smallest absolute Gasteiger partial charge is 0.140 e. The highest BCUT2D eigenvalue weighted by atomic mass is 16.5. The van der Waals surface area contributed by atoms with Gasteiger partial charge in [0.2, 0.25) is 0 Å². The molecule has 4 rings (SSSR count). The predicted molar refractivity (Wildman–Crippen MR) is 106 cm³/mol. The van der Waals surface area contributed by atoms with Gasteiger partial charge in [0.1, 0.15) is 18.0 Å². The van der Waals surface area contributed by atoms with Crippen LogP contribution in [-0.2, 0) is 13.2 Å². The highest BCUT2D eigenvalue weighted by Gasteiger charge is 2.18. The zero-order chi connectivity index (χ0) is 18.6. The Labute approximate surface area is 160 Å². The van der Waals surface area contributed by atoms with Gasteiger partial charge in [0.05, 0.1) is 11.8 Å². The predicted octanol–water partition coefficient (Wildman–Crippen LogP) is 3.61. The van der Waals surface area contributed by atoms with Crippen molar-refractivity contribution in [3.05, 3.63) is 65.6 Å². The Bertz CT molecular complexity index is 880. The fourth-order valence-electron chi connectivity index (χ4n) is 3.68. The molecule has 27 heavy (non-hydrogen) atoms. The second-order valence-corrected chi connectivity index (χ2v) is 7.47. The summed E-state index contributed by atoms with van der Waals surface area (Å²) in [4.78, 5) is 4.64. The molecule has 2 aromatic heterocycles. The zero-order valence-corrected chi connectivity index (χ0v) is 15.8. The maximum absolute atomic E-state index is 9.58. The molecular weight excluding hydrogens is 338 g/mol. The number of aryl methyl sites for hydroxylation is 1. The van der Waals surface area contributed by atoms with Gasteiger partial charge in [-0.05, 0) is 61.9 Å². The molecule has 5 nitrogen and oxygen atoms in total.